The molecule has 2 aromatic heterocycles. The van der Waals surface area contributed by atoms with Crippen LogP contribution in [0.3, 0.4) is 0 Å². The van der Waals surface area contributed by atoms with Crippen molar-refractivity contribution in [3.8, 4) is 0 Å². The first kappa shape index (κ1) is 16.1. The maximum atomic E-state index is 12.2. The first-order valence-corrected chi connectivity index (χ1v) is 9.01. The van der Waals surface area contributed by atoms with E-state index in [0.29, 0.717) is 27.5 Å². The van der Waals surface area contributed by atoms with Gasteiger partial charge in [0.15, 0.2) is 0 Å². The third kappa shape index (κ3) is 3.23. The van der Waals surface area contributed by atoms with Gasteiger partial charge in [-0.2, -0.15) is 0 Å². The first-order chi connectivity index (χ1) is 12.1. The highest BCUT2D eigenvalue weighted by molar-refractivity contribution is 7.98. The monoisotopic (exact) mass is 368 g/mol. The summed E-state index contributed by atoms with van der Waals surface area (Å²) in [4.78, 5) is 28.7. The Kier molecular flexibility index (Phi) is 4.15. The lowest BCUT2D eigenvalue weighted by Gasteiger charge is -2.06. The van der Waals surface area contributed by atoms with Crippen molar-refractivity contribution < 1.29 is 0 Å². The highest BCUT2D eigenvalue weighted by Crippen LogP contribution is 2.24. The summed E-state index contributed by atoms with van der Waals surface area (Å²) in [5, 5.41) is 1.84. The van der Waals surface area contributed by atoms with Crippen LogP contribution in [0.25, 0.3) is 21.9 Å². The lowest BCUT2D eigenvalue weighted by atomic mass is 10.2. The van der Waals surface area contributed by atoms with Crippen LogP contribution in [0.2, 0.25) is 5.02 Å². The number of aromatic amines is 1. The third-order valence-electron chi connectivity index (χ3n) is 3.76. The largest absolute Gasteiger partial charge is 0.309 e. The molecule has 2 aromatic carbocycles. The van der Waals surface area contributed by atoms with Gasteiger partial charge in [0.2, 0.25) is 0 Å². The molecule has 1 N–H and O–H groups in total. The number of benzene rings is 2. The number of nitrogens with one attached hydrogen (secondary N) is 1. The van der Waals surface area contributed by atoms with E-state index < -0.39 is 0 Å². The number of thioether (sulfide) groups is 1. The molecule has 0 aliphatic carbocycles. The van der Waals surface area contributed by atoms with Crippen LogP contribution in [0.15, 0.2) is 52.3 Å². The summed E-state index contributed by atoms with van der Waals surface area (Å²) in [6, 6.07) is 12.9. The van der Waals surface area contributed by atoms with Gasteiger partial charge in [0.1, 0.15) is 10.9 Å². The number of para-hydroxylation sites is 2. The Morgan fingerprint density at radius 3 is 2.60 bits per heavy atom. The minimum Gasteiger partial charge on any atom is -0.309 e. The van der Waals surface area contributed by atoms with E-state index in [2.05, 4.69) is 19.9 Å². The van der Waals surface area contributed by atoms with Crippen LogP contribution in [-0.2, 0) is 5.75 Å². The summed E-state index contributed by atoms with van der Waals surface area (Å²) in [7, 11) is 0. The minimum atomic E-state index is -0.190. The maximum Gasteiger partial charge on any atom is 0.258 e. The molecule has 0 spiro atoms. The third-order valence-corrected chi connectivity index (χ3v) is 5.08. The predicted molar refractivity (Wildman–Crippen MR) is 101 cm³/mol. The van der Waals surface area contributed by atoms with E-state index in [-0.39, 0.29) is 5.56 Å². The van der Waals surface area contributed by atoms with Crippen LogP contribution < -0.4 is 5.56 Å². The van der Waals surface area contributed by atoms with Crippen molar-refractivity contribution in [3.63, 3.8) is 0 Å². The normalized spacial score (nSPS) is 11.3. The number of H-pyrrole nitrogens is 1. The van der Waals surface area contributed by atoms with Gasteiger partial charge in [0.25, 0.3) is 5.56 Å². The molecular formula is C18H13ClN4OS. The van der Waals surface area contributed by atoms with Crippen molar-refractivity contribution in [2.75, 3.05) is 0 Å². The number of aryl methyl sites for hydroxylation is 1. The fraction of sp³-hybridized carbons (Fsp3) is 0.111. The molecule has 124 valence electrons. The Bertz CT molecular complexity index is 1160. The van der Waals surface area contributed by atoms with Crippen molar-refractivity contribution in [1.29, 1.82) is 0 Å². The van der Waals surface area contributed by atoms with Crippen LogP contribution in [0, 0.1) is 6.92 Å². The molecular weight excluding hydrogens is 356 g/mol. The van der Waals surface area contributed by atoms with E-state index in [9.17, 15) is 4.79 Å². The van der Waals surface area contributed by atoms with E-state index in [1.165, 1.54) is 11.8 Å². The summed E-state index contributed by atoms with van der Waals surface area (Å²) < 4.78 is 0. The van der Waals surface area contributed by atoms with Gasteiger partial charge >= 0.3 is 0 Å². The van der Waals surface area contributed by atoms with E-state index in [0.717, 1.165) is 21.8 Å². The van der Waals surface area contributed by atoms with Gasteiger partial charge in [-0.15, -0.1) is 0 Å². The summed E-state index contributed by atoms with van der Waals surface area (Å²) in [5.74, 6) is 1.10. The molecule has 0 bridgehead atoms. The van der Waals surface area contributed by atoms with Crippen LogP contribution in [-0.4, -0.2) is 19.9 Å². The number of halogens is 1. The number of hydrogen-bond donors (Lipinski definition) is 1. The van der Waals surface area contributed by atoms with Crippen LogP contribution in [0.1, 0.15) is 11.5 Å². The Morgan fingerprint density at radius 1 is 1.04 bits per heavy atom. The standard InChI is InChI=1S/C18H13ClN4OS/c1-10-18(22-15-5-3-2-4-14(15)20-10)25-9-16-21-13-7-6-11(19)8-12(13)17(24)23-16/h2-8H,9H2,1H3,(H,21,23,24). The Labute approximate surface area is 152 Å². The molecule has 0 fully saturated rings. The molecule has 0 saturated carbocycles. The fourth-order valence-electron chi connectivity index (χ4n) is 2.57. The van der Waals surface area contributed by atoms with Gasteiger partial charge in [0, 0.05) is 5.02 Å². The quantitative estimate of drug-likeness (QED) is 0.551. The maximum absolute atomic E-state index is 12.2. The Hall–Kier alpha value is -2.44. The first-order valence-electron chi connectivity index (χ1n) is 7.65. The lowest BCUT2D eigenvalue weighted by Crippen LogP contribution is -2.11. The van der Waals surface area contributed by atoms with Gasteiger partial charge in [0.05, 0.1) is 33.4 Å². The lowest BCUT2D eigenvalue weighted by molar-refractivity contribution is 1.01. The molecule has 2 heterocycles. The SMILES string of the molecule is Cc1nc2ccccc2nc1SCc1nc2ccc(Cl)cc2c(=O)[nH]1. The molecule has 0 radical (unpaired) electrons. The van der Waals surface area contributed by atoms with Crippen LogP contribution >= 0.6 is 23.4 Å². The smallest absolute Gasteiger partial charge is 0.258 e. The molecule has 7 heteroatoms. The van der Waals surface area contributed by atoms with Gasteiger partial charge in [-0.25, -0.2) is 15.0 Å². The average Bonchev–Trinajstić information content (AvgIpc) is 2.60. The van der Waals surface area contributed by atoms with Crippen molar-refractivity contribution in [3.05, 3.63) is 69.4 Å². The van der Waals surface area contributed by atoms with E-state index in [4.69, 9.17) is 11.6 Å². The second kappa shape index (κ2) is 6.46. The summed E-state index contributed by atoms with van der Waals surface area (Å²) in [5.41, 5.74) is 3.02. The molecule has 0 atom stereocenters. The minimum absolute atomic E-state index is 0.190. The molecule has 0 unspecified atom stereocenters. The molecule has 25 heavy (non-hydrogen) atoms. The molecule has 0 saturated heterocycles. The molecule has 0 aliphatic rings. The van der Waals surface area contributed by atoms with Gasteiger partial charge in [-0.1, -0.05) is 35.5 Å². The van der Waals surface area contributed by atoms with Crippen molar-refractivity contribution in [2.45, 2.75) is 17.7 Å². The van der Waals surface area contributed by atoms with E-state index >= 15 is 0 Å². The van der Waals surface area contributed by atoms with Gasteiger partial charge in [-0.05, 0) is 37.3 Å². The zero-order valence-electron chi connectivity index (χ0n) is 13.3. The molecule has 4 rings (SSSR count). The summed E-state index contributed by atoms with van der Waals surface area (Å²) in [6.07, 6.45) is 0. The molecule has 0 aliphatic heterocycles. The highest BCUT2D eigenvalue weighted by atomic mass is 35.5. The second-order valence-corrected chi connectivity index (χ2v) is 6.97. The predicted octanol–water partition coefficient (Wildman–Crippen LogP) is 4.12. The second-order valence-electron chi connectivity index (χ2n) is 5.57. The van der Waals surface area contributed by atoms with Gasteiger partial charge in [-0.3, -0.25) is 4.79 Å². The highest BCUT2D eigenvalue weighted by Gasteiger charge is 2.09. The van der Waals surface area contributed by atoms with E-state index in [1.807, 2.05) is 31.2 Å². The fourth-order valence-corrected chi connectivity index (χ4v) is 3.57. The zero-order valence-corrected chi connectivity index (χ0v) is 14.9. The number of aromatic nitrogens is 4. The molecule has 4 aromatic rings. The topological polar surface area (TPSA) is 71.5 Å². The molecule has 5 nitrogen and oxygen atoms in total. The number of fused-ring (bicyclic) bond motifs is 2. The average molecular weight is 369 g/mol. The van der Waals surface area contributed by atoms with Crippen LogP contribution in [0.4, 0.5) is 0 Å². The molecule has 0 amide bonds. The Morgan fingerprint density at radius 2 is 1.80 bits per heavy atom. The van der Waals surface area contributed by atoms with Crippen molar-refractivity contribution in [2.24, 2.45) is 0 Å². The van der Waals surface area contributed by atoms with Crippen LogP contribution in [0.5, 0.6) is 0 Å². The number of rotatable bonds is 3. The Balaban J connectivity index is 1.65. The van der Waals surface area contributed by atoms with E-state index in [1.54, 1.807) is 18.2 Å². The number of hydrogen-bond acceptors (Lipinski definition) is 5. The summed E-state index contributed by atoms with van der Waals surface area (Å²) in [6.45, 7) is 1.93. The summed E-state index contributed by atoms with van der Waals surface area (Å²) >= 11 is 7.44. The van der Waals surface area contributed by atoms with Gasteiger partial charge < -0.3 is 4.98 Å². The zero-order chi connectivity index (χ0) is 17.4. The number of nitrogens with zero attached hydrogens (tertiary/aromatic N) is 3. The van der Waals surface area contributed by atoms with Crippen molar-refractivity contribution >= 4 is 45.3 Å². The van der Waals surface area contributed by atoms with Crippen molar-refractivity contribution in [1.82, 2.24) is 19.9 Å².